The minimum absolute atomic E-state index is 0.0181. The molecule has 24 heavy (non-hydrogen) atoms. The van der Waals surface area contributed by atoms with Gasteiger partial charge < -0.3 is 14.8 Å². The van der Waals surface area contributed by atoms with E-state index >= 15 is 0 Å². The summed E-state index contributed by atoms with van der Waals surface area (Å²) in [6.07, 6.45) is 5.43. The van der Waals surface area contributed by atoms with Crippen LogP contribution in [0.1, 0.15) is 43.0 Å². The van der Waals surface area contributed by atoms with E-state index < -0.39 is 0 Å². The summed E-state index contributed by atoms with van der Waals surface area (Å²) in [7, 11) is 0. The van der Waals surface area contributed by atoms with Crippen molar-refractivity contribution in [3.8, 4) is 0 Å². The van der Waals surface area contributed by atoms with Gasteiger partial charge in [-0.2, -0.15) is 0 Å². The summed E-state index contributed by atoms with van der Waals surface area (Å²) in [5, 5.41) is 0. The van der Waals surface area contributed by atoms with Gasteiger partial charge in [0.2, 0.25) is 5.91 Å². The lowest BCUT2D eigenvalue weighted by Gasteiger charge is -2.35. The van der Waals surface area contributed by atoms with Crippen molar-refractivity contribution in [2.75, 3.05) is 26.2 Å². The number of hydrogen-bond acceptors (Lipinski definition) is 3. The summed E-state index contributed by atoms with van der Waals surface area (Å²) >= 11 is 0. The molecule has 0 aliphatic carbocycles. The molecule has 1 aliphatic heterocycles. The van der Waals surface area contributed by atoms with E-state index in [2.05, 4.69) is 16.9 Å². The molecular formula is C18H24N4O2. The molecule has 1 aromatic heterocycles. The second-order valence-corrected chi connectivity index (χ2v) is 6.26. The fourth-order valence-electron chi connectivity index (χ4n) is 3.09. The highest BCUT2D eigenvalue weighted by molar-refractivity contribution is 5.97. The molecule has 2 heterocycles. The van der Waals surface area contributed by atoms with Gasteiger partial charge in [-0.3, -0.25) is 9.59 Å². The number of hydrogen-bond donors (Lipinski definition) is 1. The zero-order valence-electron chi connectivity index (χ0n) is 14.1. The van der Waals surface area contributed by atoms with Crippen LogP contribution in [-0.2, 0) is 4.79 Å². The minimum atomic E-state index is 0.0181. The zero-order valence-corrected chi connectivity index (χ0v) is 14.1. The molecule has 0 radical (unpaired) electrons. The zero-order chi connectivity index (χ0) is 16.9. The second kappa shape index (κ2) is 7.47. The van der Waals surface area contributed by atoms with Gasteiger partial charge in [0.05, 0.1) is 17.4 Å². The van der Waals surface area contributed by atoms with Crippen LogP contribution in [0.4, 0.5) is 0 Å². The predicted octanol–water partition coefficient (Wildman–Crippen LogP) is 2.43. The van der Waals surface area contributed by atoms with Crippen LogP contribution in [0.3, 0.4) is 0 Å². The molecule has 6 heteroatoms. The minimum Gasteiger partial charge on any atom is -0.345 e. The van der Waals surface area contributed by atoms with Crippen molar-refractivity contribution in [1.82, 2.24) is 19.8 Å². The molecule has 1 fully saturated rings. The number of carbonyl (C=O) groups excluding carboxylic acids is 2. The maximum atomic E-state index is 12.6. The number of carbonyl (C=O) groups is 2. The van der Waals surface area contributed by atoms with Crippen LogP contribution >= 0.6 is 0 Å². The van der Waals surface area contributed by atoms with Crippen molar-refractivity contribution in [1.29, 1.82) is 0 Å². The summed E-state index contributed by atoms with van der Waals surface area (Å²) in [5.41, 5.74) is 2.38. The molecule has 2 amide bonds. The fraction of sp³-hybridized carbons (Fsp3) is 0.500. The Labute approximate surface area is 141 Å². The quantitative estimate of drug-likeness (QED) is 0.857. The molecule has 1 aliphatic rings. The first kappa shape index (κ1) is 16.5. The number of H-pyrrole nitrogens is 1. The summed E-state index contributed by atoms with van der Waals surface area (Å²) in [6, 6.07) is 5.51. The molecule has 0 bridgehead atoms. The van der Waals surface area contributed by atoms with Crippen molar-refractivity contribution in [3.05, 3.63) is 30.1 Å². The lowest BCUT2D eigenvalue weighted by molar-refractivity contribution is -0.132. The first-order valence-electron chi connectivity index (χ1n) is 8.69. The summed E-state index contributed by atoms with van der Waals surface area (Å²) in [5.74, 6) is 0.235. The highest BCUT2D eigenvalue weighted by Gasteiger charge is 2.24. The Balaban J connectivity index is 1.55. The number of nitrogens with one attached hydrogen (secondary N) is 1. The molecule has 3 rings (SSSR count). The average Bonchev–Trinajstić information content (AvgIpc) is 3.09. The van der Waals surface area contributed by atoms with E-state index in [-0.39, 0.29) is 11.8 Å². The van der Waals surface area contributed by atoms with Crippen LogP contribution in [0.5, 0.6) is 0 Å². The number of aromatic amines is 1. The van der Waals surface area contributed by atoms with Crippen molar-refractivity contribution >= 4 is 22.8 Å². The van der Waals surface area contributed by atoms with Gasteiger partial charge in [-0.15, -0.1) is 0 Å². The Morgan fingerprint density at radius 2 is 1.88 bits per heavy atom. The Morgan fingerprint density at radius 3 is 2.62 bits per heavy atom. The summed E-state index contributed by atoms with van der Waals surface area (Å²) < 4.78 is 0. The molecule has 0 unspecified atom stereocenters. The van der Waals surface area contributed by atoms with Crippen molar-refractivity contribution < 1.29 is 9.59 Å². The van der Waals surface area contributed by atoms with E-state index in [4.69, 9.17) is 0 Å². The normalized spacial score (nSPS) is 15.0. The number of fused-ring (bicyclic) bond motifs is 1. The highest BCUT2D eigenvalue weighted by atomic mass is 16.2. The Bertz CT molecular complexity index is 717. The maximum Gasteiger partial charge on any atom is 0.254 e. The SMILES string of the molecule is CCCCCC(=O)N1CCN(C(=O)c2ccc3nc[nH]c3c2)CC1. The van der Waals surface area contributed by atoms with Gasteiger partial charge in [-0.25, -0.2) is 4.98 Å². The smallest absolute Gasteiger partial charge is 0.254 e. The standard InChI is InChI=1S/C18H24N4O2/c1-2-3-4-5-17(23)21-8-10-22(11-9-21)18(24)14-6-7-15-16(12-14)20-13-19-15/h6-7,12-13H,2-5,8-11H2,1H3,(H,19,20). The topological polar surface area (TPSA) is 69.3 Å². The van der Waals surface area contributed by atoms with Crippen LogP contribution in [0.15, 0.2) is 24.5 Å². The predicted molar refractivity (Wildman–Crippen MR) is 92.7 cm³/mol. The van der Waals surface area contributed by atoms with Crippen LogP contribution in [0.25, 0.3) is 11.0 Å². The molecule has 6 nitrogen and oxygen atoms in total. The van der Waals surface area contributed by atoms with Gasteiger partial charge in [-0.05, 0) is 24.6 Å². The Morgan fingerprint density at radius 1 is 1.12 bits per heavy atom. The summed E-state index contributed by atoms with van der Waals surface area (Å²) in [6.45, 7) is 4.58. The fourth-order valence-corrected chi connectivity index (χ4v) is 3.09. The van der Waals surface area contributed by atoms with Crippen LogP contribution in [0.2, 0.25) is 0 Å². The number of imidazole rings is 1. The van der Waals surface area contributed by atoms with Gasteiger partial charge in [-0.1, -0.05) is 19.8 Å². The third-order valence-electron chi connectivity index (χ3n) is 4.58. The molecule has 1 N–H and O–H groups in total. The van der Waals surface area contributed by atoms with E-state index in [1.54, 1.807) is 6.33 Å². The number of unbranched alkanes of at least 4 members (excludes halogenated alkanes) is 2. The highest BCUT2D eigenvalue weighted by Crippen LogP contribution is 2.15. The van der Waals surface area contributed by atoms with E-state index in [0.29, 0.717) is 38.2 Å². The monoisotopic (exact) mass is 328 g/mol. The second-order valence-electron chi connectivity index (χ2n) is 6.26. The number of piperazine rings is 1. The third kappa shape index (κ3) is 3.58. The molecule has 0 spiro atoms. The van der Waals surface area contributed by atoms with E-state index in [9.17, 15) is 9.59 Å². The molecule has 1 saturated heterocycles. The number of nitrogens with zero attached hydrogens (tertiary/aromatic N) is 3. The van der Waals surface area contributed by atoms with Crippen LogP contribution in [-0.4, -0.2) is 57.8 Å². The lowest BCUT2D eigenvalue weighted by atomic mass is 10.1. The lowest BCUT2D eigenvalue weighted by Crippen LogP contribution is -2.50. The average molecular weight is 328 g/mol. The Hall–Kier alpha value is -2.37. The molecule has 2 aromatic rings. The molecule has 0 saturated carbocycles. The molecule has 1 aromatic carbocycles. The molecule has 0 atom stereocenters. The molecular weight excluding hydrogens is 304 g/mol. The van der Waals surface area contributed by atoms with E-state index in [1.165, 1.54) is 0 Å². The van der Waals surface area contributed by atoms with E-state index in [1.807, 2.05) is 28.0 Å². The van der Waals surface area contributed by atoms with Crippen molar-refractivity contribution in [3.63, 3.8) is 0 Å². The van der Waals surface area contributed by atoms with Gasteiger partial charge in [0.1, 0.15) is 0 Å². The Kier molecular flexibility index (Phi) is 5.13. The third-order valence-corrected chi connectivity index (χ3v) is 4.58. The van der Waals surface area contributed by atoms with Crippen LogP contribution in [0, 0.1) is 0 Å². The first-order valence-corrected chi connectivity index (χ1v) is 8.69. The van der Waals surface area contributed by atoms with Crippen LogP contribution < -0.4 is 0 Å². The number of aromatic nitrogens is 2. The van der Waals surface area contributed by atoms with Gasteiger partial charge in [0, 0.05) is 38.2 Å². The van der Waals surface area contributed by atoms with E-state index in [0.717, 1.165) is 30.3 Å². The first-order chi connectivity index (χ1) is 11.7. The van der Waals surface area contributed by atoms with Gasteiger partial charge >= 0.3 is 0 Å². The largest absolute Gasteiger partial charge is 0.345 e. The summed E-state index contributed by atoms with van der Waals surface area (Å²) in [4.78, 5) is 35.7. The van der Waals surface area contributed by atoms with Gasteiger partial charge in [0.15, 0.2) is 0 Å². The number of amides is 2. The van der Waals surface area contributed by atoms with Gasteiger partial charge in [0.25, 0.3) is 5.91 Å². The number of benzene rings is 1. The maximum absolute atomic E-state index is 12.6. The van der Waals surface area contributed by atoms with Crippen molar-refractivity contribution in [2.45, 2.75) is 32.6 Å². The van der Waals surface area contributed by atoms with Crippen molar-refractivity contribution in [2.24, 2.45) is 0 Å². The molecule has 128 valence electrons. The number of rotatable bonds is 5.